The van der Waals surface area contributed by atoms with E-state index in [-0.39, 0.29) is 87.2 Å². The minimum absolute atomic E-state index is 0.0924. The first-order chi connectivity index (χ1) is 31.0. The number of nitrogens with one attached hydrogen (secondary N) is 2. The molecular formula is C42H60N8O12S2. The second kappa shape index (κ2) is 24.3. The maximum atomic E-state index is 13.3. The lowest BCUT2D eigenvalue weighted by molar-refractivity contribution is 0.0482. The smallest absolute Gasteiger partial charge is 0.243 e. The number of aromatic nitrogens is 2. The zero-order chi connectivity index (χ0) is 45.4. The summed E-state index contributed by atoms with van der Waals surface area (Å²) in [5.41, 5.74) is 6.56. The highest BCUT2D eigenvalue weighted by Gasteiger charge is 2.26. The first-order valence-corrected chi connectivity index (χ1v) is 24.2. The molecule has 2 aliphatic heterocycles. The highest BCUT2D eigenvalue weighted by molar-refractivity contribution is 7.89. The standard InChI is InChI=1S/C42H60N8O12S2/c1-33-3-7-35(8-4-33)63(53,54)49-17-25-57-21-11-47(12-22-58-26-18-49)15-29-61-39-31-37-38(44-42(46-52)41(43-37)45-51)32-40(39)62-30-16-48-13-23-59-27-19-50(20-28-60-24-14-48)64(55,56)36-9-5-34(2)6-10-36/h3-10,31-32,51-52H,11-30H2,1-2H3,(H,43,45)(H,44,46). The van der Waals surface area contributed by atoms with E-state index in [0.29, 0.717) is 88.2 Å². The van der Waals surface area contributed by atoms with Gasteiger partial charge in [0.05, 0.1) is 73.7 Å². The first kappa shape index (κ1) is 49.1. The Kier molecular flexibility index (Phi) is 18.6. The fraction of sp³-hybridized carbons (Fsp3) is 0.524. The molecule has 3 heterocycles. The van der Waals surface area contributed by atoms with Crippen molar-refractivity contribution in [3.63, 3.8) is 0 Å². The molecule has 4 aromatic rings. The average molecular weight is 933 g/mol. The summed E-state index contributed by atoms with van der Waals surface area (Å²) in [7, 11) is -7.41. The molecule has 352 valence electrons. The second-order valence-corrected chi connectivity index (χ2v) is 19.1. The van der Waals surface area contributed by atoms with E-state index in [0.717, 1.165) is 11.1 Å². The number of hydrogen-bond acceptors (Lipinski definition) is 18. The molecule has 2 fully saturated rings. The molecule has 6 rings (SSSR count). The van der Waals surface area contributed by atoms with Crippen molar-refractivity contribution in [1.82, 2.24) is 28.4 Å². The van der Waals surface area contributed by atoms with Gasteiger partial charge < -0.3 is 28.4 Å². The minimum Gasteiger partial charge on any atom is -0.488 e. The van der Waals surface area contributed by atoms with Crippen LogP contribution in [0.3, 0.4) is 0 Å². The molecule has 3 aromatic carbocycles. The highest BCUT2D eigenvalue weighted by atomic mass is 32.2. The topological polar surface area (TPSA) is 227 Å². The Hall–Kier alpha value is -4.30. The Morgan fingerprint density at radius 1 is 0.531 bits per heavy atom. The summed E-state index contributed by atoms with van der Waals surface area (Å²) in [6, 6.07) is 16.9. The lowest BCUT2D eigenvalue weighted by Gasteiger charge is -2.26. The van der Waals surface area contributed by atoms with Gasteiger partial charge in [-0.15, -0.1) is 0 Å². The van der Waals surface area contributed by atoms with Gasteiger partial charge in [-0.25, -0.2) is 37.8 Å². The number of benzene rings is 3. The van der Waals surface area contributed by atoms with Crippen molar-refractivity contribution in [2.75, 3.05) is 142 Å². The second-order valence-electron chi connectivity index (χ2n) is 15.2. The van der Waals surface area contributed by atoms with Crippen LogP contribution in [0.15, 0.2) is 70.5 Å². The van der Waals surface area contributed by atoms with E-state index in [1.54, 1.807) is 60.7 Å². The summed E-state index contributed by atoms with van der Waals surface area (Å²) in [5, 5.41) is 19.2. The predicted octanol–water partition coefficient (Wildman–Crippen LogP) is 2.69. The summed E-state index contributed by atoms with van der Waals surface area (Å²) >= 11 is 0. The fourth-order valence-corrected chi connectivity index (χ4v) is 9.77. The summed E-state index contributed by atoms with van der Waals surface area (Å²) in [5.74, 6) is 0.589. The van der Waals surface area contributed by atoms with E-state index < -0.39 is 20.0 Å². The van der Waals surface area contributed by atoms with Crippen molar-refractivity contribution >= 4 is 42.7 Å². The maximum absolute atomic E-state index is 13.3. The van der Waals surface area contributed by atoms with Crippen LogP contribution in [0.1, 0.15) is 11.1 Å². The summed E-state index contributed by atoms with van der Waals surface area (Å²) in [4.78, 5) is 13.5. The number of sulfonamides is 2. The first-order valence-electron chi connectivity index (χ1n) is 21.3. The number of nitrogens with zero attached hydrogens (tertiary/aromatic N) is 6. The van der Waals surface area contributed by atoms with E-state index in [1.165, 1.54) is 8.61 Å². The molecule has 1 aromatic heterocycles. The van der Waals surface area contributed by atoms with Crippen LogP contribution < -0.4 is 20.4 Å². The lowest BCUT2D eigenvalue weighted by atomic mass is 10.2. The quantitative estimate of drug-likeness (QED) is 0.133. The number of ether oxygens (including phenoxy) is 6. The van der Waals surface area contributed by atoms with Crippen LogP contribution in [0.5, 0.6) is 11.5 Å². The molecule has 2 aliphatic rings. The van der Waals surface area contributed by atoms with Crippen LogP contribution in [0.25, 0.3) is 11.0 Å². The van der Waals surface area contributed by atoms with E-state index in [9.17, 15) is 27.3 Å². The Labute approximate surface area is 375 Å². The Morgan fingerprint density at radius 3 is 1.16 bits per heavy atom. The lowest BCUT2D eigenvalue weighted by Crippen LogP contribution is -2.39. The molecule has 0 amide bonds. The van der Waals surface area contributed by atoms with Crippen LogP contribution >= 0.6 is 0 Å². The van der Waals surface area contributed by atoms with Crippen LogP contribution in [-0.2, 0) is 39.0 Å². The van der Waals surface area contributed by atoms with Crippen LogP contribution in [0, 0.1) is 13.8 Å². The Balaban J connectivity index is 1.03. The van der Waals surface area contributed by atoms with Gasteiger partial charge in [-0.3, -0.25) is 20.2 Å². The third kappa shape index (κ3) is 13.9. The average Bonchev–Trinajstić information content (AvgIpc) is 3.27. The van der Waals surface area contributed by atoms with Gasteiger partial charge in [0.2, 0.25) is 20.0 Å². The van der Waals surface area contributed by atoms with Crippen molar-refractivity contribution in [3.05, 3.63) is 71.8 Å². The van der Waals surface area contributed by atoms with Gasteiger partial charge in [0.25, 0.3) is 0 Å². The number of hydrogen-bond donors (Lipinski definition) is 4. The molecule has 0 radical (unpaired) electrons. The molecule has 4 N–H and O–H groups in total. The summed E-state index contributed by atoms with van der Waals surface area (Å²) < 4.78 is 92.4. The normalized spacial score (nSPS) is 18.2. The SMILES string of the molecule is Cc1ccc(S(=O)(=O)N2CCOCCN(CCOc3cc4nc(NO)c(NO)nc4cc3OCCN3CCOCCN(S(=O)(=O)c4ccc(C)cc4)CCOCC3)CCOCC2)cc1. The molecule has 0 atom stereocenters. The van der Waals surface area contributed by atoms with Crippen molar-refractivity contribution in [2.45, 2.75) is 23.6 Å². The number of aryl methyl sites for hydroxylation is 2. The van der Waals surface area contributed by atoms with Crippen molar-refractivity contribution < 1.29 is 55.7 Å². The summed E-state index contributed by atoms with van der Waals surface area (Å²) in [6.45, 7) is 10.7. The zero-order valence-corrected chi connectivity index (χ0v) is 38.0. The van der Waals surface area contributed by atoms with E-state index in [1.807, 2.05) is 24.8 Å². The molecule has 0 bridgehead atoms. The van der Waals surface area contributed by atoms with Gasteiger partial charge in [-0.05, 0) is 38.1 Å². The van der Waals surface area contributed by atoms with Gasteiger partial charge in [-0.2, -0.15) is 8.61 Å². The van der Waals surface area contributed by atoms with E-state index in [2.05, 4.69) is 19.8 Å². The predicted molar refractivity (Wildman–Crippen MR) is 237 cm³/mol. The third-order valence-corrected chi connectivity index (χ3v) is 14.6. The molecule has 22 heteroatoms. The summed E-state index contributed by atoms with van der Waals surface area (Å²) in [6.07, 6.45) is 0. The van der Waals surface area contributed by atoms with E-state index in [4.69, 9.17) is 28.4 Å². The number of anilines is 2. The van der Waals surface area contributed by atoms with Crippen molar-refractivity contribution in [3.8, 4) is 11.5 Å². The Morgan fingerprint density at radius 2 is 0.844 bits per heavy atom. The minimum atomic E-state index is -3.71. The van der Waals surface area contributed by atoms with Gasteiger partial charge in [0.1, 0.15) is 13.2 Å². The Bertz CT molecular complexity index is 2110. The van der Waals surface area contributed by atoms with Crippen LogP contribution in [-0.4, -0.2) is 187 Å². The van der Waals surface area contributed by atoms with Gasteiger partial charge in [0, 0.05) is 77.6 Å². The zero-order valence-electron chi connectivity index (χ0n) is 36.4. The molecule has 20 nitrogen and oxygen atoms in total. The molecule has 2 saturated heterocycles. The monoisotopic (exact) mass is 932 g/mol. The molecule has 0 aliphatic carbocycles. The van der Waals surface area contributed by atoms with Gasteiger partial charge >= 0.3 is 0 Å². The van der Waals surface area contributed by atoms with Crippen LogP contribution in [0.2, 0.25) is 0 Å². The molecule has 0 spiro atoms. The molecule has 0 saturated carbocycles. The van der Waals surface area contributed by atoms with Crippen molar-refractivity contribution in [2.24, 2.45) is 0 Å². The van der Waals surface area contributed by atoms with Crippen molar-refractivity contribution in [1.29, 1.82) is 0 Å². The maximum Gasteiger partial charge on any atom is 0.243 e. The number of rotatable bonds is 14. The largest absolute Gasteiger partial charge is 0.488 e. The molecular weight excluding hydrogens is 873 g/mol. The van der Waals surface area contributed by atoms with E-state index >= 15 is 0 Å². The van der Waals surface area contributed by atoms with Gasteiger partial charge in [0.15, 0.2) is 23.1 Å². The fourth-order valence-electron chi connectivity index (χ4n) is 6.96. The van der Waals surface area contributed by atoms with Crippen LogP contribution in [0.4, 0.5) is 11.6 Å². The third-order valence-electron chi connectivity index (χ3n) is 10.7. The highest BCUT2D eigenvalue weighted by Crippen LogP contribution is 2.33. The number of fused-ring (bicyclic) bond motifs is 1. The molecule has 0 unspecified atom stereocenters. The van der Waals surface area contributed by atoms with Gasteiger partial charge in [-0.1, -0.05) is 35.4 Å². The molecule has 64 heavy (non-hydrogen) atoms.